The average molecular weight is 211 g/mol. The summed E-state index contributed by atoms with van der Waals surface area (Å²) >= 11 is 0. The Labute approximate surface area is 89.6 Å². The van der Waals surface area contributed by atoms with Crippen molar-refractivity contribution in [1.29, 1.82) is 0 Å². The molecule has 1 aliphatic heterocycles. The van der Waals surface area contributed by atoms with Crippen LogP contribution in [0.2, 0.25) is 0 Å². The van der Waals surface area contributed by atoms with Gasteiger partial charge in [-0.15, -0.1) is 0 Å². The molecule has 1 N–H and O–H groups in total. The zero-order valence-electron chi connectivity index (χ0n) is 8.99. The van der Waals surface area contributed by atoms with Gasteiger partial charge in [-0.25, -0.2) is 0 Å². The molecule has 1 fully saturated rings. The Kier molecular flexibility index (Phi) is 3.77. The lowest BCUT2D eigenvalue weighted by atomic mass is 10.2. The minimum absolute atomic E-state index is 0.234. The fourth-order valence-corrected chi connectivity index (χ4v) is 1.68. The van der Waals surface area contributed by atoms with E-state index in [9.17, 15) is 0 Å². The van der Waals surface area contributed by atoms with Gasteiger partial charge < -0.3 is 19.2 Å². The number of rotatable bonds is 5. The van der Waals surface area contributed by atoms with Crippen LogP contribution in [-0.2, 0) is 22.6 Å². The molecule has 0 spiro atoms. The lowest BCUT2D eigenvalue weighted by molar-refractivity contribution is 0.0230. The van der Waals surface area contributed by atoms with Gasteiger partial charge >= 0.3 is 0 Å². The Balaban J connectivity index is 1.83. The molecule has 0 aromatic carbocycles. The first kappa shape index (κ1) is 10.7. The minimum Gasteiger partial charge on any atom is -0.467 e. The molecule has 84 valence electrons. The van der Waals surface area contributed by atoms with Crippen molar-refractivity contribution in [1.82, 2.24) is 5.32 Å². The van der Waals surface area contributed by atoms with Crippen LogP contribution in [-0.4, -0.2) is 26.4 Å². The van der Waals surface area contributed by atoms with E-state index in [1.165, 1.54) is 0 Å². The predicted octanol–water partition coefficient (Wildman–Crippen LogP) is 1.30. The lowest BCUT2D eigenvalue weighted by Gasteiger charge is -2.09. The second-order valence-corrected chi connectivity index (χ2v) is 3.70. The zero-order chi connectivity index (χ0) is 10.5. The van der Waals surface area contributed by atoms with Crippen LogP contribution in [0.1, 0.15) is 17.7 Å². The van der Waals surface area contributed by atoms with Crippen LogP contribution >= 0.6 is 0 Å². The Hall–Kier alpha value is -0.840. The van der Waals surface area contributed by atoms with Crippen LogP contribution < -0.4 is 5.32 Å². The topological polar surface area (TPSA) is 43.6 Å². The van der Waals surface area contributed by atoms with Gasteiger partial charge in [0.15, 0.2) is 0 Å². The molecule has 4 nitrogen and oxygen atoms in total. The third-order valence-electron chi connectivity index (χ3n) is 2.54. The molecule has 0 amide bonds. The summed E-state index contributed by atoms with van der Waals surface area (Å²) in [4.78, 5) is 0. The maximum Gasteiger partial charge on any atom is 0.133 e. The Morgan fingerprint density at radius 1 is 1.60 bits per heavy atom. The molecule has 1 aromatic heterocycles. The van der Waals surface area contributed by atoms with Crippen LogP contribution in [0.15, 0.2) is 16.7 Å². The molecule has 0 bridgehead atoms. The highest BCUT2D eigenvalue weighted by atomic mass is 16.5. The Bertz CT molecular complexity index is 292. The van der Waals surface area contributed by atoms with Crippen LogP contribution in [0.5, 0.6) is 0 Å². The van der Waals surface area contributed by atoms with Gasteiger partial charge in [0.2, 0.25) is 0 Å². The fraction of sp³-hybridized carbons (Fsp3) is 0.636. The average Bonchev–Trinajstić information content (AvgIpc) is 2.85. The van der Waals surface area contributed by atoms with E-state index in [-0.39, 0.29) is 6.10 Å². The number of ether oxygens (including phenoxy) is 2. The molecule has 1 atom stereocenters. The van der Waals surface area contributed by atoms with E-state index < -0.39 is 0 Å². The van der Waals surface area contributed by atoms with Gasteiger partial charge in [-0.3, -0.25) is 0 Å². The van der Waals surface area contributed by atoms with Gasteiger partial charge in [-0.2, -0.15) is 0 Å². The highest BCUT2D eigenvalue weighted by Gasteiger charge is 2.17. The summed E-state index contributed by atoms with van der Waals surface area (Å²) in [5.41, 5.74) is 1.16. The van der Waals surface area contributed by atoms with E-state index >= 15 is 0 Å². The van der Waals surface area contributed by atoms with Crippen molar-refractivity contribution < 1.29 is 13.9 Å². The smallest absolute Gasteiger partial charge is 0.133 e. The normalized spacial score (nSPS) is 21.0. The molecule has 1 aromatic rings. The predicted molar refractivity (Wildman–Crippen MR) is 55.5 cm³/mol. The minimum atomic E-state index is 0.234. The quantitative estimate of drug-likeness (QED) is 0.797. The number of furan rings is 1. The summed E-state index contributed by atoms with van der Waals surface area (Å²) in [6.45, 7) is 2.88. The summed E-state index contributed by atoms with van der Waals surface area (Å²) in [6.07, 6.45) is 2.93. The standard InChI is InChI=1S/C11H17NO3/c1-12-6-9-2-5-14-11(9)8-15-10-3-4-13-7-10/h2,5,10,12H,3-4,6-8H2,1H3. The first-order valence-corrected chi connectivity index (χ1v) is 5.29. The van der Waals surface area contributed by atoms with Gasteiger partial charge in [0, 0.05) is 18.7 Å². The second-order valence-electron chi connectivity index (χ2n) is 3.70. The molecule has 2 heterocycles. The van der Waals surface area contributed by atoms with Gasteiger partial charge in [0.1, 0.15) is 12.4 Å². The maximum atomic E-state index is 5.69. The van der Waals surface area contributed by atoms with Gasteiger partial charge in [0.05, 0.1) is 19.0 Å². The fourth-order valence-electron chi connectivity index (χ4n) is 1.68. The largest absolute Gasteiger partial charge is 0.467 e. The van der Waals surface area contributed by atoms with E-state index in [2.05, 4.69) is 5.32 Å². The van der Waals surface area contributed by atoms with Crippen molar-refractivity contribution >= 4 is 0 Å². The molecule has 0 radical (unpaired) electrons. The van der Waals surface area contributed by atoms with Gasteiger partial charge in [0.25, 0.3) is 0 Å². The first-order chi connectivity index (χ1) is 7.40. The summed E-state index contributed by atoms with van der Waals surface area (Å²) < 4.78 is 16.3. The van der Waals surface area contributed by atoms with Gasteiger partial charge in [-0.1, -0.05) is 0 Å². The Morgan fingerprint density at radius 3 is 3.27 bits per heavy atom. The summed E-state index contributed by atoms with van der Waals surface area (Å²) in [6, 6.07) is 1.97. The van der Waals surface area contributed by atoms with Crippen LogP contribution in [0.3, 0.4) is 0 Å². The number of hydrogen-bond acceptors (Lipinski definition) is 4. The van der Waals surface area contributed by atoms with Crippen molar-refractivity contribution in [2.45, 2.75) is 25.7 Å². The highest BCUT2D eigenvalue weighted by molar-refractivity contribution is 5.15. The second kappa shape index (κ2) is 5.30. The monoisotopic (exact) mass is 211 g/mol. The summed E-state index contributed by atoms with van der Waals surface area (Å²) in [5, 5.41) is 3.10. The first-order valence-electron chi connectivity index (χ1n) is 5.29. The van der Waals surface area contributed by atoms with E-state index in [1.807, 2.05) is 13.1 Å². The van der Waals surface area contributed by atoms with Crippen molar-refractivity contribution in [2.75, 3.05) is 20.3 Å². The SMILES string of the molecule is CNCc1ccoc1COC1CCOC1. The molecule has 15 heavy (non-hydrogen) atoms. The van der Waals surface area contributed by atoms with Gasteiger partial charge in [-0.05, 0) is 19.5 Å². The zero-order valence-corrected chi connectivity index (χ0v) is 8.99. The molecule has 2 rings (SSSR count). The van der Waals surface area contributed by atoms with Crippen molar-refractivity contribution in [3.8, 4) is 0 Å². The van der Waals surface area contributed by atoms with Crippen molar-refractivity contribution in [3.63, 3.8) is 0 Å². The molecule has 1 saturated heterocycles. The van der Waals surface area contributed by atoms with Crippen LogP contribution in [0.4, 0.5) is 0 Å². The highest BCUT2D eigenvalue weighted by Crippen LogP contribution is 2.15. The third-order valence-corrected chi connectivity index (χ3v) is 2.54. The molecule has 4 heteroatoms. The molecule has 0 saturated carbocycles. The van der Waals surface area contributed by atoms with E-state index in [1.54, 1.807) is 6.26 Å². The third kappa shape index (κ3) is 2.81. The van der Waals surface area contributed by atoms with E-state index in [4.69, 9.17) is 13.9 Å². The van der Waals surface area contributed by atoms with Crippen molar-refractivity contribution in [3.05, 3.63) is 23.7 Å². The van der Waals surface area contributed by atoms with E-state index in [0.29, 0.717) is 13.2 Å². The molecule has 1 unspecified atom stereocenters. The lowest BCUT2D eigenvalue weighted by Crippen LogP contribution is -2.13. The Morgan fingerprint density at radius 2 is 2.53 bits per heavy atom. The molecular formula is C11H17NO3. The number of hydrogen-bond donors (Lipinski definition) is 1. The van der Waals surface area contributed by atoms with Crippen molar-refractivity contribution in [2.24, 2.45) is 0 Å². The molecule has 0 aliphatic carbocycles. The summed E-state index contributed by atoms with van der Waals surface area (Å²) in [5.74, 6) is 0.913. The van der Waals surface area contributed by atoms with E-state index in [0.717, 1.165) is 30.9 Å². The number of nitrogens with one attached hydrogen (secondary N) is 1. The van der Waals surface area contributed by atoms with Crippen LogP contribution in [0.25, 0.3) is 0 Å². The van der Waals surface area contributed by atoms with Crippen LogP contribution in [0, 0.1) is 0 Å². The molecule has 1 aliphatic rings. The molecular weight excluding hydrogens is 194 g/mol. The maximum absolute atomic E-state index is 5.69. The summed E-state index contributed by atoms with van der Waals surface area (Å²) in [7, 11) is 1.92.